The molecular formula is C14H12FN3O2S. The number of rotatable bonds is 4. The minimum Gasteiger partial charge on any atom is -0.345 e. The van der Waals surface area contributed by atoms with Gasteiger partial charge < -0.3 is 4.98 Å². The molecule has 7 heteroatoms. The molecule has 0 unspecified atom stereocenters. The predicted octanol–water partition coefficient (Wildman–Crippen LogP) is 2.64. The first kappa shape index (κ1) is 13.6. The third-order valence-electron chi connectivity index (χ3n) is 2.96. The normalized spacial score (nSPS) is 11.7. The highest BCUT2D eigenvalue weighted by molar-refractivity contribution is 7.91. The van der Waals surface area contributed by atoms with E-state index in [2.05, 4.69) is 14.7 Å². The second-order valence-electron chi connectivity index (χ2n) is 4.62. The van der Waals surface area contributed by atoms with E-state index in [0.717, 1.165) is 11.0 Å². The van der Waals surface area contributed by atoms with Crippen LogP contribution in [0.1, 0.15) is 5.56 Å². The predicted molar refractivity (Wildman–Crippen MR) is 78.7 cm³/mol. The van der Waals surface area contributed by atoms with Crippen molar-refractivity contribution in [2.24, 2.45) is 0 Å². The zero-order valence-corrected chi connectivity index (χ0v) is 11.7. The van der Waals surface area contributed by atoms with Crippen molar-refractivity contribution in [2.75, 3.05) is 4.72 Å². The van der Waals surface area contributed by atoms with E-state index >= 15 is 0 Å². The van der Waals surface area contributed by atoms with Crippen LogP contribution in [0.3, 0.4) is 0 Å². The Morgan fingerprint density at radius 1 is 1.14 bits per heavy atom. The average molecular weight is 305 g/mol. The molecule has 2 aromatic carbocycles. The molecule has 0 saturated heterocycles. The number of sulfonamides is 1. The molecular weight excluding hydrogens is 293 g/mol. The van der Waals surface area contributed by atoms with Gasteiger partial charge in [0.15, 0.2) is 0 Å². The second kappa shape index (κ2) is 5.17. The maximum absolute atomic E-state index is 12.8. The molecule has 0 spiro atoms. The summed E-state index contributed by atoms with van der Waals surface area (Å²) in [6.45, 7) is 0. The molecule has 1 heterocycles. The highest BCUT2D eigenvalue weighted by atomic mass is 32.2. The Hall–Kier alpha value is -2.41. The van der Waals surface area contributed by atoms with Gasteiger partial charge >= 0.3 is 0 Å². The fourth-order valence-corrected chi connectivity index (χ4v) is 3.20. The summed E-state index contributed by atoms with van der Waals surface area (Å²) in [4.78, 5) is 6.98. The van der Waals surface area contributed by atoms with Crippen LogP contribution in [-0.4, -0.2) is 18.4 Å². The van der Waals surface area contributed by atoms with Gasteiger partial charge in [-0.05, 0) is 35.9 Å². The summed E-state index contributed by atoms with van der Waals surface area (Å²) in [6, 6.07) is 10.4. The molecule has 0 amide bonds. The van der Waals surface area contributed by atoms with Crippen LogP contribution in [0.25, 0.3) is 11.0 Å². The Kier molecular flexibility index (Phi) is 3.34. The molecule has 21 heavy (non-hydrogen) atoms. The van der Waals surface area contributed by atoms with Crippen LogP contribution in [0.2, 0.25) is 0 Å². The number of H-pyrrole nitrogens is 1. The lowest BCUT2D eigenvalue weighted by molar-refractivity contribution is 0.600. The smallest absolute Gasteiger partial charge is 0.236 e. The molecule has 2 N–H and O–H groups in total. The molecule has 0 saturated carbocycles. The maximum Gasteiger partial charge on any atom is 0.236 e. The highest BCUT2D eigenvalue weighted by Crippen LogP contribution is 2.18. The van der Waals surface area contributed by atoms with E-state index in [1.54, 1.807) is 24.5 Å². The number of nitrogens with zero attached hydrogens (tertiary/aromatic N) is 1. The van der Waals surface area contributed by atoms with Crippen molar-refractivity contribution in [2.45, 2.75) is 5.75 Å². The highest BCUT2D eigenvalue weighted by Gasteiger charge is 2.12. The largest absolute Gasteiger partial charge is 0.345 e. The van der Waals surface area contributed by atoms with Gasteiger partial charge in [-0.2, -0.15) is 0 Å². The molecule has 0 radical (unpaired) electrons. The van der Waals surface area contributed by atoms with Gasteiger partial charge in [0.25, 0.3) is 0 Å². The zero-order chi connectivity index (χ0) is 14.9. The summed E-state index contributed by atoms with van der Waals surface area (Å²) in [7, 11) is -3.56. The number of nitrogens with one attached hydrogen (secondary N) is 2. The second-order valence-corrected chi connectivity index (χ2v) is 6.34. The van der Waals surface area contributed by atoms with E-state index in [4.69, 9.17) is 0 Å². The Morgan fingerprint density at radius 2 is 1.90 bits per heavy atom. The van der Waals surface area contributed by atoms with Crippen LogP contribution < -0.4 is 4.72 Å². The average Bonchev–Trinajstić information content (AvgIpc) is 2.88. The van der Waals surface area contributed by atoms with Crippen LogP contribution in [-0.2, 0) is 15.8 Å². The monoisotopic (exact) mass is 305 g/mol. The molecule has 5 nitrogen and oxygen atoms in total. The number of fused-ring (bicyclic) bond motifs is 1. The quantitative estimate of drug-likeness (QED) is 0.778. The first-order valence-electron chi connectivity index (χ1n) is 6.20. The molecule has 108 valence electrons. The van der Waals surface area contributed by atoms with Crippen molar-refractivity contribution >= 4 is 26.7 Å². The van der Waals surface area contributed by atoms with Gasteiger partial charge in [-0.3, -0.25) is 4.72 Å². The summed E-state index contributed by atoms with van der Waals surface area (Å²) >= 11 is 0. The van der Waals surface area contributed by atoms with Gasteiger partial charge in [-0.15, -0.1) is 0 Å². The molecule has 0 aliphatic heterocycles. The van der Waals surface area contributed by atoms with E-state index in [9.17, 15) is 12.8 Å². The number of anilines is 1. The van der Waals surface area contributed by atoms with Crippen molar-refractivity contribution in [1.82, 2.24) is 9.97 Å². The first-order valence-corrected chi connectivity index (χ1v) is 7.85. The van der Waals surface area contributed by atoms with Crippen molar-refractivity contribution in [1.29, 1.82) is 0 Å². The Balaban J connectivity index is 1.80. The van der Waals surface area contributed by atoms with Crippen LogP contribution in [0.5, 0.6) is 0 Å². The number of imidazole rings is 1. The van der Waals surface area contributed by atoms with Crippen molar-refractivity contribution in [3.05, 3.63) is 60.2 Å². The first-order chi connectivity index (χ1) is 10.0. The Bertz CT molecular complexity index is 873. The fraction of sp³-hybridized carbons (Fsp3) is 0.0714. The van der Waals surface area contributed by atoms with Gasteiger partial charge in [-0.25, -0.2) is 17.8 Å². The van der Waals surface area contributed by atoms with Gasteiger partial charge in [0, 0.05) is 0 Å². The third-order valence-corrected chi connectivity index (χ3v) is 4.22. The minimum absolute atomic E-state index is 0.214. The molecule has 0 bridgehead atoms. The Morgan fingerprint density at radius 3 is 2.67 bits per heavy atom. The number of aromatic amines is 1. The van der Waals surface area contributed by atoms with E-state index < -0.39 is 15.8 Å². The molecule has 1 aromatic heterocycles. The minimum atomic E-state index is -3.56. The molecule has 0 atom stereocenters. The molecule has 0 aliphatic carbocycles. The van der Waals surface area contributed by atoms with E-state index in [1.165, 1.54) is 24.3 Å². The molecule has 3 rings (SSSR count). The number of aromatic nitrogens is 2. The number of hydrogen-bond acceptors (Lipinski definition) is 3. The number of benzene rings is 2. The number of halogens is 1. The molecule has 3 aromatic rings. The summed E-state index contributed by atoms with van der Waals surface area (Å²) < 4.78 is 39.5. The topological polar surface area (TPSA) is 74.8 Å². The summed E-state index contributed by atoms with van der Waals surface area (Å²) in [5.41, 5.74) is 2.48. The van der Waals surface area contributed by atoms with Crippen LogP contribution in [0.4, 0.5) is 10.1 Å². The lowest BCUT2D eigenvalue weighted by Gasteiger charge is -2.08. The van der Waals surface area contributed by atoms with Gasteiger partial charge in [0.05, 0.1) is 28.8 Å². The van der Waals surface area contributed by atoms with E-state index in [-0.39, 0.29) is 5.75 Å². The SMILES string of the molecule is O=S(=O)(Cc1ccc(F)cc1)Nc1ccc2nc[nH]c2c1. The Labute approximate surface area is 120 Å². The number of hydrogen-bond donors (Lipinski definition) is 2. The van der Waals surface area contributed by atoms with Crippen molar-refractivity contribution < 1.29 is 12.8 Å². The third kappa shape index (κ3) is 3.19. The van der Waals surface area contributed by atoms with Gasteiger partial charge in [0.2, 0.25) is 10.0 Å². The summed E-state index contributed by atoms with van der Waals surface area (Å²) in [5.74, 6) is -0.609. The van der Waals surface area contributed by atoms with Gasteiger partial charge in [-0.1, -0.05) is 12.1 Å². The fourth-order valence-electron chi connectivity index (χ4n) is 2.01. The zero-order valence-electron chi connectivity index (χ0n) is 10.9. The van der Waals surface area contributed by atoms with Gasteiger partial charge in [0.1, 0.15) is 5.82 Å². The summed E-state index contributed by atoms with van der Waals surface area (Å²) in [6.07, 6.45) is 1.54. The summed E-state index contributed by atoms with van der Waals surface area (Å²) in [5, 5.41) is 0. The lowest BCUT2D eigenvalue weighted by Crippen LogP contribution is -2.15. The molecule has 0 aliphatic rings. The van der Waals surface area contributed by atoms with E-state index in [1.807, 2.05) is 0 Å². The van der Waals surface area contributed by atoms with Crippen LogP contribution in [0.15, 0.2) is 48.8 Å². The van der Waals surface area contributed by atoms with Crippen molar-refractivity contribution in [3.63, 3.8) is 0 Å². The molecule has 0 fully saturated rings. The standard InChI is InChI=1S/C14H12FN3O2S/c15-11-3-1-10(2-4-11)8-21(19,20)18-12-5-6-13-14(7-12)17-9-16-13/h1-7,9,18H,8H2,(H,16,17). The van der Waals surface area contributed by atoms with Crippen LogP contribution >= 0.6 is 0 Å². The van der Waals surface area contributed by atoms with Crippen LogP contribution in [0, 0.1) is 5.82 Å². The maximum atomic E-state index is 12.8. The van der Waals surface area contributed by atoms with E-state index in [0.29, 0.717) is 11.3 Å². The van der Waals surface area contributed by atoms with Crippen molar-refractivity contribution in [3.8, 4) is 0 Å². The lowest BCUT2D eigenvalue weighted by atomic mass is 10.2.